The van der Waals surface area contributed by atoms with Gasteiger partial charge in [-0.05, 0) is 80.7 Å². The van der Waals surface area contributed by atoms with Gasteiger partial charge in [0.1, 0.15) is 5.75 Å². The number of benzene rings is 1. The fraction of sp³-hybridized carbons (Fsp3) is 0.739. The first kappa shape index (κ1) is 17.4. The van der Waals surface area contributed by atoms with E-state index >= 15 is 0 Å². The van der Waals surface area contributed by atoms with Crippen molar-refractivity contribution < 1.29 is 4.74 Å². The summed E-state index contributed by atoms with van der Waals surface area (Å²) in [5, 5.41) is 3.84. The Balaban J connectivity index is 1.24. The highest BCUT2D eigenvalue weighted by Crippen LogP contribution is 2.30. The second kappa shape index (κ2) is 8.58. The van der Waals surface area contributed by atoms with E-state index in [1.165, 1.54) is 101 Å². The van der Waals surface area contributed by atoms with Gasteiger partial charge in [0.05, 0.1) is 6.10 Å². The number of hydrogen-bond acceptors (Lipinski definition) is 2. The molecule has 1 N–H and O–H groups in total. The Morgan fingerprint density at radius 3 is 2.36 bits per heavy atom. The molecule has 0 saturated heterocycles. The maximum atomic E-state index is 6.26. The number of ether oxygens (including phenoxy) is 1. The van der Waals surface area contributed by atoms with Gasteiger partial charge in [-0.2, -0.15) is 0 Å². The van der Waals surface area contributed by atoms with E-state index in [2.05, 4.69) is 23.5 Å². The summed E-state index contributed by atoms with van der Waals surface area (Å²) in [5.41, 5.74) is 3.05. The molecular formula is C23H35NO. The monoisotopic (exact) mass is 341 g/mol. The van der Waals surface area contributed by atoms with Gasteiger partial charge in [-0.3, -0.25) is 0 Å². The Morgan fingerprint density at radius 1 is 0.840 bits per heavy atom. The molecule has 0 aromatic heterocycles. The van der Waals surface area contributed by atoms with E-state index in [0.29, 0.717) is 12.1 Å². The van der Waals surface area contributed by atoms with Crippen molar-refractivity contribution in [2.24, 2.45) is 5.92 Å². The Bertz CT molecular complexity index is 543. The number of nitrogens with one attached hydrogen (secondary N) is 1. The summed E-state index contributed by atoms with van der Waals surface area (Å²) >= 11 is 0. The average molecular weight is 342 g/mol. The van der Waals surface area contributed by atoms with E-state index in [-0.39, 0.29) is 0 Å². The van der Waals surface area contributed by atoms with Crippen LogP contribution < -0.4 is 10.1 Å². The first-order valence-electron chi connectivity index (χ1n) is 10.9. The zero-order chi connectivity index (χ0) is 16.9. The summed E-state index contributed by atoms with van der Waals surface area (Å²) in [7, 11) is 0. The van der Waals surface area contributed by atoms with Gasteiger partial charge in [0.15, 0.2) is 0 Å². The molecule has 3 aliphatic rings. The third kappa shape index (κ3) is 4.78. The molecule has 1 aromatic carbocycles. The minimum absolute atomic E-state index is 0.456. The lowest BCUT2D eigenvalue weighted by Crippen LogP contribution is -2.31. The van der Waals surface area contributed by atoms with Crippen molar-refractivity contribution in [1.82, 2.24) is 5.32 Å². The van der Waals surface area contributed by atoms with Gasteiger partial charge in [-0.25, -0.2) is 0 Å². The van der Waals surface area contributed by atoms with Crippen molar-refractivity contribution in [2.45, 2.75) is 95.6 Å². The van der Waals surface area contributed by atoms with Crippen LogP contribution in [0.2, 0.25) is 0 Å². The van der Waals surface area contributed by atoms with Crippen molar-refractivity contribution in [1.29, 1.82) is 0 Å². The zero-order valence-corrected chi connectivity index (χ0v) is 15.8. The highest BCUT2D eigenvalue weighted by Gasteiger charge is 2.23. The molecule has 1 aromatic rings. The summed E-state index contributed by atoms with van der Waals surface area (Å²) in [6.07, 6.45) is 18.1. The zero-order valence-electron chi connectivity index (χ0n) is 15.8. The van der Waals surface area contributed by atoms with Gasteiger partial charge in [0.2, 0.25) is 0 Å². The third-order valence-corrected chi connectivity index (χ3v) is 6.68. The van der Waals surface area contributed by atoms with Gasteiger partial charge in [0, 0.05) is 6.04 Å². The van der Waals surface area contributed by atoms with Crippen LogP contribution in [0.25, 0.3) is 0 Å². The van der Waals surface area contributed by atoms with Crippen molar-refractivity contribution in [3.63, 3.8) is 0 Å². The maximum Gasteiger partial charge on any atom is 0.120 e. The lowest BCUT2D eigenvalue weighted by Gasteiger charge is -2.23. The van der Waals surface area contributed by atoms with Crippen molar-refractivity contribution in [3.8, 4) is 5.75 Å². The summed E-state index contributed by atoms with van der Waals surface area (Å²) in [5.74, 6) is 2.09. The number of rotatable bonds is 6. The van der Waals surface area contributed by atoms with E-state index in [0.717, 1.165) is 11.7 Å². The number of fused-ring (bicyclic) bond motifs is 1. The summed E-state index contributed by atoms with van der Waals surface area (Å²) in [6, 6.07) is 7.49. The molecule has 2 saturated carbocycles. The highest BCUT2D eigenvalue weighted by molar-refractivity contribution is 5.40. The predicted octanol–water partition coefficient (Wildman–Crippen LogP) is 5.43. The molecule has 0 radical (unpaired) electrons. The molecule has 0 heterocycles. The molecule has 138 valence electrons. The SMILES string of the molecule is c1cc2c(cc1OC1CCCCC1)CC(NCCC1CCCCC1)C2. The second-order valence-corrected chi connectivity index (χ2v) is 8.66. The molecule has 2 heteroatoms. The van der Waals surface area contributed by atoms with Gasteiger partial charge >= 0.3 is 0 Å². The number of hydrogen-bond donors (Lipinski definition) is 1. The van der Waals surface area contributed by atoms with Crippen LogP contribution in [-0.4, -0.2) is 18.7 Å². The molecule has 3 aliphatic carbocycles. The molecule has 0 bridgehead atoms. The standard InChI is InChI=1S/C23H35NO/c1-3-7-18(8-4-1)13-14-24-21-15-19-11-12-23(17-20(19)16-21)25-22-9-5-2-6-10-22/h11-12,17-18,21-22,24H,1-10,13-16H2. The normalized spacial score (nSPS) is 25.0. The Hall–Kier alpha value is -1.02. The molecule has 2 nitrogen and oxygen atoms in total. The van der Waals surface area contributed by atoms with Gasteiger partial charge < -0.3 is 10.1 Å². The van der Waals surface area contributed by atoms with Crippen LogP contribution in [0.4, 0.5) is 0 Å². The van der Waals surface area contributed by atoms with Crippen LogP contribution in [0, 0.1) is 5.92 Å². The van der Waals surface area contributed by atoms with Crippen molar-refractivity contribution in [2.75, 3.05) is 6.54 Å². The van der Waals surface area contributed by atoms with Gasteiger partial charge in [0.25, 0.3) is 0 Å². The predicted molar refractivity (Wildman–Crippen MR) is 104 cm³/mol. The third-order valence-electron chi connectivity index (χ3n) is 6.68. The fourth-order valence-corrected chi connectivity index (χ4v) is 5.16. The topological polar surface area (TPSA) is 21.3 Å². The fourth-order valence-electron chi connectivity index (χ4n) is 5.16. The first-order chi connectivity index (χ1) is 12.4. The minimum atomic E-state index is 0.456. The molecular weight excluding hydrogens is 306 g/mol. The van der Waals surface area contributed by atoms with E-state index in [1.807, 2.05) is 0 Å². The molecule has 0 aliphatic heterocycles. The summed E-state index contributed by atoms with van der Waals surface area (Å²) in [6.45, 7) is 1.20. The van der Waals surface area contributed by atoms with Crippen LogP contribution in [0.1, 0.15) is 81.8 Å². The van der Waals surface area contributed by atoms with E-state index < -0.39 is 0 Å². The molecule has 25 heavy (non-hydrogen) atoms. The quantitative estimate of drug-likeness (QED) is 0.745. The molecule has 1 unspecified atom stereocenters. The van der Waals surface area contributed by atoms with Crippen LogP contribution >= 0.6 is 0 Å². The maximum absolute atomic E-state index is 6.26. The smallest absolute Gasteiger partial charge is 0.120 e. The second-order valence-electron chi connectivity index (χ2n) is 8.66. The van der Waals surface area contributed by atoms with E-state index in [4.69, 9.17) is 4.74 Å². The molecule has 1 atom stereocenters. The van der Waals surface area contributed by atoms with Crippen LogP contribution in [0.15, 0.2) is 18.2 Å². The molecule has 0 spiro atoms. The average Bonchev–Trinajstić information content (AvgIpc) is 3.05. The Kier molecular flexibility index (Phi) is 5.97. The Labute approximate surface area is 153 Å². The molecule has 0 amide bonds. The highest BCUT2D eigenvalue weighted by atomic mass is 16.5. The van der Waals surface area contributed by atoms with Gasteiger partial charge in [-0.15, -0.1) is 0 Å². The Morgan fingerprint density at radius 2 is 1.56 bits per heavy atom. The van der Waals surface area contributed by atoms with Gasteiger partial charge in [-0.1, -0.05) is 44.6 Å². The van der Waals surface area contributed by atoms with Crippen LogP contribution in [0.3, 0.4) is 0 Å². The van der Waals surface area contributed by atoms with E-state index in [9.17, 15) is 0 Å². The van der Waals surface area contributed by atoms with Crippen molar-refractivity contribution in [3.05, 3.63) is 29.3 Å². The van der Waals surface area contributed by atoms with Crippen molar-refractivity contribution >= 4 is 0 Å². The first-order valence-corrected chi connectivity index (χ1v) is 10.9. The largest absolute Gasteiger partial charge is 0.490 e. The summed E-state index contributed by atoms with van der Waals surface area (Å²) < 4.78 is 6.26. The van der Waals surface area contributed by atoms with Crippen LogP contribution in [-0.2, 0) is 12.8 Å². The minimum Gasteiger partial charge on any atom is -0.490 e. The van der Waals surface area contributed by atoms with Crippen LogP contribution in [0.5, 0.6) is 5.75 Å². The lowest BCUT2D eigenvalue weighted by molar-refractivity contribution is 0.155. The molecule has 2 fully saturated rings. The van der Waals surface area contributed by atoms with E-state index in [1.54, 1.807) is 0 Å². The lowest BCUT2D eigenvalue weighted by atomic mass is 9.87. The molecule has 4 rings (SSSR count). The summed E-state index contributed by atoms with van der Waals surface area (Å²) in [4.78, 5) is 0.